The van der Waals surface area contributed by atoms with Gasteiger partial charge in [0, 0.05) is 6.42 Å². The highest BCUT2D eigenvalue weighted by atomic mass is 19.3. The molecular formula is C7H10F4O. The maximum atomic E-state index is 12.5. The molecule has 0 saturated carbocycles. The summed E-state index contributed by atoms with van der Waals surface area (Å²) in [5.74, 6) is 0. The van der Waals surface area contributed by atoms with Gasteiger partial charge < -0.3 is 4.74 Å². The molecule has 0 radical (unpaired) electrons. The van der Waals surface area contributed by atoms with Crippen LogP contribution in [-0.2, 0) is 4.74 Å². The van der Waals surface area contributed by atoms with Crippen LogP contribution in [0.1, 0.15) is 6.42 Å². The first-order chi connectivity index (χ1) is 5.61. The number of rotatable bonds is 6. The Bertz CT molecular complexity index is 129. The molecule has 2 unspecified atom stereocenters. The molecule has 0 aliphatic rings. The first kappa shape index (κ1) is 11.3. The van der Waals surface area contributed by atoms with Gasteiger partial charge in [-0.1, -0.05) is 6.58 Å². The summed E-state index contributed by atoms with van der Waals surface area (Å²) >= 11 is 0. The molecular weight excluding hydrogens is 176 g/mol. The fourth-order valence-corrected chi connectivity index (χ4v) is 0.687. The monoisotopic (exact) mass is 186 g/mol. The largest absolute Gasteiger partial charge is 0.495 e. The molecule has 12 heavy (non-hydrogen) atoms. The first-order valence-corrected chi connectivity index (χ1v) is 3.36. The summed E-state index contributed by atoms with van der Waals surface area (Å²) in [6.45, 7) is 1.74. The van der Waals surface area contributed by atoms with Crippen LogP contribution in [0.5, 0.6) is 0 Å². The second kappa shape index (κ2) is 5.85. The summed E-state index contributed by atoms with van der Waals surface area (Å²) < 4.78 is 51.9. The number of hydrogen-bond acceptors (Lipinski definition) is 1. The summed E-state index contributed by atoms with van der Waals surface area (Å²) in [7, 11) is 0. The average molecular weight is 186 g/mol. The van der Waals surface area contributed by atoms with E-state index in [0.29, 0.717) is 0 Å². The van der Waals surface area contributed by atoms with Crippen LogP contribution in [0, 0.1) is 0 Å². The van der Waals surface area contributed by atoms with Gasteiger partial charge in [-0.2, -0.15) is 0 Å². The predicted molar refractivity (Wildman–Crippen MR) is 36.6 cm³/mol. The van der Waals surface area contributed by atoms with Gasteiger partial charge in [-0.05, 0) is 0 Å². The van der Waals surface area contributed by atoms with E-state index in [0.717, 1.165) is 6.26 Å². The molecule has 0 aliphatic carbocycles. The van der Waals surface area contributed by atoms with Crippen molar-refractivity contribution < 1.29 is 22.3 Å². The Morgan fingerprint density at radius 1 is 1.33 bits per heavy atom. The molecule has 0 aromatic heterocycles. The highest BCUT2D eigenvalue weighted by Gasteiger charge is 2.25. The molecule has 0 aromatic carbocycles. The van der Waals surface area contributed by atoms with E-state index in [9.17, 15) is 17.6 Å². The van der Waals surface area contributed by atoms with E-state index in [4.69, 9.17) is 0 Å². The van der Waals surface area contributed by atoms with E-state index < -0.39 is 31.8 Å². The third-order valence-electron chi connectivity index (χ3n) is 1.23. The number of alkyl halides is 4. The molecule has 0 saturated heterocycles. The first-order valence-electron chi connectivity index (χ1n) is 3.36. The van der Waals surface area contributed by atoms with Crippen molar-refractivity contribution in [1.29, 1.82) is 0 Å². The summed E-state index contributed by atoms with van der Waals surface area (Å²) in [5, 5.41) is 0. The van der Waals surface area contributed by atoms with Crippen molar-refractivity contribution in [3.8, 4) is 0 Å². The van der Waals surface area contributed by atoms with Gasteiger partial charge in [0.05, 0.1) is 6.26 Å². The molecule has 5 heteroatoms. The number of ether oxygens (including phenoxy) is 1. The van der Waals surface area contributed by atoms with Gasteiger partial charge in [0.1, 0.15) is 12.8 Å². The summed E-state index contributed by atoms with van der Waals surface area (Å²) in [6.07, 6.45) is -6.16. The smallest absolute Gasteiger partial charge is 0.242 e. The van der Waals surface area contributed by atoms with Crippen molar-refractivity contribution in [2.75, 3.05) is 6.67 Å². The quantitative estimate of drug-likeness (QED) is 0.457. The van der Waals surface area contributed by atoms with E-state index in [1.807, 2.05) is 0 Å². The molecule has 0 spiro atoms. The van der Waals surface area contributed by atoms with Crippen molar-refractivity contribution in [3.05, 3.63) is 12.8 Å². The zero-order chi connectivity index (χ0) is 9.56. The van der Waals surface area contributed by atoms with Crippen molar-refractivity contribution in [1.82, 2.24) is 0 Å². The highest BCUT2D eigenvalue weighted by Crippen LogP contribution is 2.14. The van der Waals surface area contributed by atoms with Crippen LogP contribution < -0.4 is 0 Å². The van der Waals surface area contributed by atoms with Gasteiger partial charge in [0.2, 0.25) is 6.43 Å². The molecule has 0 heterocycles. The third kappa shape index (κ3) is 4.20. The number of halogens is 4. The van der Waals surface area contributed by atoms with Crippen LogP contribution in [-0.4, -0.2) is 25.4 Å². The normalized spacial score (nSPS) is 15.8. The van der Waals surface area contributed by atoms with E-state index in [2.05, 4.69) is 11.3 Å². The molecule has 0 aliphatic heterocycles. The van der Waals surface area contributed by atoms with Gasteiger partial charge >= 0.3 is 0 Å². The summed E-state index contributed by atoms with van der Waals surface area (Å²) in [4.78, 5) is 0. The van der Waals surface area contributed by atoms with Crippen LogP contribution >= 0.6 is 0 Å². The molecule has 2 atom stereocenters. The van der Waals surface area contributed by atoms with Gasteiger partial charge in [-0.15, -0.1) is 0 Å². The Morgan fingerprint density at radius 3 is 2.25 bits per heavy atom. The zero-order valence-electron chi connectivity index (χ0n) is 6.35. The highest BCUT2D eigenvalue weighted by molar-refractivity contribution is 4.72. The van der Waals surface area contributed by atoms with Crippen molar-refractivity contribution in [2.45, 2.75) is 25.1 Å². The lowest BCUT2D eigenvalue weighted by Gasteiger charge is -2.17. The summed E-state index contributed by atoms with van der Waals surface area (Å²) in [6, 6.07) is 0. The Labute approximate surface area is 68.0 Å². The minimum Gasteiger partial charge on any atom is -0.495 e. The van der Waals surface area contributed by atoms with Crippen LogP contribution in [0.4, 0.5) is 17.6 Å². The minimum atomic E-state index is -2.71. The lowest BCUT2D eigenvalue weighted by molar-refractivity contribution is -0.00153. The van der Waals surface area contributed by atoms with E-state index in [-0.39, 0.29) is 0 Å². The van der Waals surface area contributed by atoms with Crippen LogP contribution in [0.2, 0.25) is 0 Å². The van der Waals surface area contributed by atoms with E-state index in [1.165, 1.54) is 0 Å². The van der Waals surface area contributed by atoms with Gasteiger partial charge in [-0.3, -0.25) is 0 Å². The SMILES string of the molecule is C=COC(CC(F)F)C(F)CF. The lowest BCUT2D eigenvalue weighted by Crippen LogP contribution is -2.27. The standard InChI is InChI=1S/C7H10F4O/c1-2-12-6(3-7(10)11)5(9)4-8/h2,5-7H,1,3-4H2. The third-order valence-corrected chi connectivity index (χ3v) is 1.23. The Hall–Kier alpha value is -0.740. The van der Waals surface area contributed by atoms with Crippen LogP contribution in [0.15, 0.2) is 12.8 Å². The fraction of sp³-hybridized carbons (Fsp3) is 0.714. The van der Waals surface area contributed by atoms with Crippen molar-refractivity contribution >= 4 is 0 Å². The lowest BCUT2D eigenvalue weighted by atomic mass is 10.2. The molecule has 0 rings (SSSR count). The maximum Gasteiger partial charge on any atom is 0.242 e. The minimum absolute atomic E-state index is 0.822. The van der Waals surface area contributed by atoms with Crippen LogP contribution in [0.25, 0.3) is 0 Å². The second-order valence-corrected chi connectivity index (χ2v) is 2.14. The Balaban J connectivity index is 3.92. The molecule has 0 fully saturated rings. The molecule has 0 aromatic rings. The molecule has 72 valence electrons. The second-order valence-electron chi connectivity index (χ2n) is 2.14. The predicted octanol–water partition coefficient (Wildman–Crippen LogP) is 2.48. The zero-order valence-corrected chi connectivity index (χ0v) is 6.35. The summed E-state index contributed by atoms with van der Waals surface area (Å²) in [5.41, 5.74) is 0. The van der Waals surface area contributed by atoms with Crippen LogP contribution in [0.3, 0.4) is 0 Å². The van der Waals surface area contributed by atoms with Gasteiger partial charge in [0.15, 0.2) is 6.17 Å². The van der Waals surface area contributed by atoms with E-state index >= 15 is 0 Å². The van der Waals surface area contributed by atoms with Gasteiger partial charge in [0.25, 0.3) is 0 Å². The fourth-order valence-electron chi connectivity index (χ4n) is 0.687. The molecule has 0 amide bonds. The Kier molecular flexibility index (Phi) is 5.49. The number of hydrogen-bond donors (Lipinski definition) is 0. The Morgan fingerprint density at radius 2 is 1.92 bits per heavy atom. The molecule has 0 bridgehead atoms. The maximum absolute atomic E-state index is 12.5. The van der Waals surface area contributed by atoms with Crippen molar-refractivity contribution in [2.24, 2.45) is 0 Å². The average Bonchev–Trinajstić information content (AvgIpc) is 2.01. The van der Waals surface area contributed by atoms with Crippen molar-refractivity contribution in [3.63, 3.8) is 0 Å². The molecule has 1 nitrogen and oxygen atoms in total. The van der Waals surface area contributed by atoms with E-state index in [1.54, 1.807) is 0 Å². The molecule has 0 N–H and O–H groups in total. The van der Waals surface area contributed by atoms with Gasteiger partial charge in [-0.25, -0.2) is 17.6 Å². The topological polar surface area (TPSA) is 9.23 Å².